The molecule has 1 aliphatic heterocycles. The summed E-state index contributed by atoms with van der Waals surface area (Å²) in [4.78, 5) is 26.3. The van der Waals surface area contributed by atoms with Gasteiger partial charge in [-0.25, -0.2) is 4.79 Å². The minimum Gasteiger partial charge on any atom is -0.464 e. The Morgan fingerprint density at radius 1 is 1.37 bits per heavy atom. The van der Waals surface area contributed by atoms with Gasteiger partial charge in [-0.3, -0.25) is 4.79 Å². The summed E-state index contributed by atoms with van der Waals surface area (Å²) in [6, 6.07) is -0.450. The molecule has 0 aromatic heterocycles. The third kappa shape index (κ3) is 3.08. The number of carbonyl (C=O) groups excluding carboxylic acids is 2. The molecule has 1 amide bonds. The number of amides is 1. The summed E-state index contributed by atoms with van der Waals surface area (Å²) in [6.07, 6.45) is 3.19. The molecule has 1 aliphatic carbocycles. The highest BCUT2D eigenvalue weighted by molar-refractivity contribution is 5.86. The molecule has 0 spiro atoms. The zero-order chi connectivity index (χ0) is 13.8. The van der Waals surface area contributed by atoms with Crippen LogP contribution < -0.4 is 5.32 Å². The number of hydrogen-bond acceptors (Lipinski definition) is 4. The van der Waals surface area contributed by atoms with E-state index in [0.29, 0.717) is 25.6 Å². The van der Waals surface area contributed by atoms with Crippen molar-refractivity contribution in [1.82, 2.24) is 10.2 Å². The summed E-state index contributed by atoms with van der Waals surface area (Å²) in [7, 11) is 0. The Labute approximate surface area is 114 Å². The maximum atomic E-state index is 12.6. The summed E-state index contributed by atoms with van der Waals surface area (Å²) < 4.78 is 5.08. The number of ether oxygens (including phenoxy) is 1. The van der Waals surface area contributed by atoms with E-state index in [1.807, 2.05) is 0 Å². The van der Waals surface area contributed by atoms with Gasteiger partial charge in [-0.15, -0.1) is 0 Å². The highest BCUT2D eigenvalue weighted by Crippen LogP contribution is 2.33. The van der Waals surface area contributed by atoms with E-state index in [1.165, 1.54) is 0 Å². The molecule has 0 aromatic rings. The van der Waals surface area contributed by atoms with Crippen LogP contribution >= 0.6 is 0 Å². The molecular formula is C14H24N2O3. The molecule has 0 aromatic carbocycles. The van der Waals surface area contributed by atoms with Crippen molar-refractivity contribution in [3.63, 3.8) is 0 Å². The van der Waals surface area contributed by atoms with Gasteiger partial charge < -0.3 is 15.0 Å². The van der Waals surface area contributed by atoms with Crippen LogP contribution in [0.5, 0.6) is 0 Å². The van der Waals surface area contributed by atoms with Crippen LogP contribution in [0.25, 0.3) is 0 Å². The van der Waals surface area contributed by atoms with E-state index >= 15 is 0 Å². The number of carbonyl (C=O) groups is 2. The van der Waals surface area contributed by atoms with Crippen LogP contribution in [-0.2, 0) is 14.3 Å². The molecule has 1 N–H and O–H groups in total. The highest BCUT2D eigenvalue weighted by atomic mass is 16.5. The number of nitrogens with zero attached hydrogens (tertiary/aromatic N) is 1. The summed E-state index contributed by atoms with van der Waals surface area (Å²) in [5, 5.41) is 3.17. The van der Waals surface area contributed by atoms with Crippen LogP contribution in [0.4, 0.5) is 0 Å². The highest BCUT2D eigenvalue weighted by Gasteiger charge is 2.39. The van der Waals surface area contributed by atoms with Gasteiger partial charge in [0.25, 0.3) is 0 Å². The number of esters is 1. The van der Waals surface area contributed by atoms with Crippen molar-refractivity contribution in [1.29, 1.82) is 0 Å². The maximum Gasteiger partial charge on any atom is 0.330 e. The Balaban J connectivity index is 2.06. The minimum absolute atomic E-state index is 0.0926. The monoisotopic (exact) mass is 268 g/mol. The minimum atomic E-state index is -0.450. The van der Waals surface area contributed by atoms with Crippen molar-refractivity contribution in [3.05, 3.63) is 0 Å². The topological polar surface area (TPSA) is 58.6 Å². The molecule has 3 unspecified atom stereocenters. The Morgan fingerprint density at radius 3 is 2.79 bits per heavy atom. The molecular weight excluding hydrogens is 244 g/mol. The second kappa shape index (κ2) is 6.37. The van der Waals surface area contributed by atoms with E-state index in [-0.39, 0.29) is 17.8 Å². The van der Waals surface area contributed by atoms with Crippen molar-refractivity contribution >= 4 is 11.9 Å². The normalized spacial score (nSPS) is 31.3. The summed E-state index contributed by atoms with van der Waals surface area (Å²) in [5.74, 6) is 0.388. The van der Waals surface area contributed by atoms with Gasteiger partial charge in [0.15, 0.2) is 0 Å². The standard InChI is InChI=1S/C14H24N2O3/c1-3-19-14(18)12-9-15-7-8-16(12)13(17)11-6-4-5-10(11)2/h10-12,15H,3-9H2,1-2H3. The van der Waals surface area contributed by atoms with Gasteiger partial charge in [0.1, 0.15) is 6.04 Å². The lowest BCUT2D eigenvalue weighted by Gasteiger charge is -2.36. The molecule has 1 heterocycles. The number of rotatable bonds is 3. The Kier molecular flexibility index (Phi) is 4.80. The van der Waals surface area contributed by atoms with Gasteiger partial charge in [0.05, 0.1) is 6.61 Å². The molecule has 3 atom stereocenters. The lowest BCUT2D eigenvalue weighted by atomic mass is 9.95. The van der Waals surface area contributed by atoms with Gasteiger partial charge >= 0.3 is 5.97 Å². The first-order valence-electron chi connectivity index (χ1n) is 7.33. The SMILES string of the molecule is CCOC(=O)C1CNCCN1C(=O)C1CCCC1C. The number of nitrogens with one attached hydrogen (secondary N) is 1. The maximum absolute atomic E-state index is 12.6. The molecule has 108 valence electrons. The zero-order valence-electron chi connectivity index (χ0n) is 11.9. The van der Waals surface area contributed by atoms with E-state index < -0.39 is 6.04 Å². The fourth-order valence-electron chi connectivity index (χ4n) is 3.14. The average Bonchev–Trinajstić information content (AvgIpc) is 2.84. The van der Waals surface area contributed by atoms with Gasteiger partial charge in [0, 0.05) is 25.6 Å². The fraction of sp³-hybridized carbons (Fsp3) is 0.857. The molecule has 5 heteroatoms. The third-order valence-corrected chi connectivity index (χ3v) is 4.26. The Hall–Kier alpha value is -1.10. The lowest BCUT2D eigenvalue weighted by Crippen LogP contribution is -2.58. The van der Waals surface area contributed by atoms with Crippen molar-refractivity contribution in [2.24, 2.45) is 11.8 Å². The molecule has 2 aliphatic rings. The second-order valence-electron chi connectivity index (χ2n) is 5.52. The van der Waals surface area contributed by atoms with Gasteiger partial charge in [0.2, 0.25) is 5.91 Å². The molecule has 19 heavy (non-hydrogen) atoms. The summed E-state index contributed by atoms with van der Waals surface area (Å²) in [6.45, 7) is 6.15. The van der Waals surface area contributed by atoms with Gasteiger partial charge in [-0.2, -0.15) is 0 Å². The Morgan fingerprint density at radius 2 is 2.16 bits per heavy atom. The second-order valence-corrected chi connectivity index (χ2v) is 5.52. The van der Waals surface area contributed by atoms with Gasteiger partial charge in [-0.05, 0) is 25.7 Å². The Bertz CT molecular complexity index is 346. The first kappa shape index (κ1) is 14.3. The van der Waals surface area contributed by atoms with E-state index in [1.54, 1.807) is 11.8 Å². The van der Waals surface area contributed by atoms with E-state index in [0.717, 1.165) is 25.8 Å². The van der Waals surface area contributed by atoms with Crippen molar-refractivity contribution < 1.29 is 14.3 Å². The molecule has 0 bridgehead atoms. The lowest BCUT2D eigenvalue weighted by molar-refractivity contribution is -0.157. The van der Waals surface area contributed by atoms with Crippen molar-refractivity contribution in [3.8, 4) is 0 Å². The van der Waals surface area contributed by atoms with Crippen LogP contribution in [0, 0.1) is 11.8 Å². The van der Waals surface area contributed by atoms with E-state index in [4.69, 9.17) is 4.74 Å². The molecule has 0 radical (unpaired) electrons. The molecule has 1 saturated heterocycles. The number of piperazine rings is 1. The van der Waals surface area contributed by atoms with Crippen LogP contribution in [0.3, 0.4) is 0 Å². The molecule has 5 nitrogen and oxygen atoms in total. The third-order valence-electron chi connectivity index (χ3n) is 4.26. The quantitative estimate of drug-likeness (QED) is 0.769. The van der Waals surface area contributed by atoms with E-state index in [9.17, 15) is 9.59 Å². The fourth-order valence-corrected chi connectivity index (χ4v) is 3.14. The molecule has 2 fully saturated rings. The first-order chi connectivity index (χ1) is 9.15. The molecule has 1 saturated carbocycles. The smallest absolute Gasteiger partial charge is 0.330 e. The molecule has 2 rings (SSSR count). The van der Waals surface area contributed by atoms with Crippen LogP contribution in [0.15, 0.2) is 0 Å². The predicted octanol–water partition coefficient (Wildman–Crippen LogP) is 0.786. The van der Waals surface area contributed by atoms with Crippen LogP contribution in [0.1, 0.15) is 33.1 Å². The van der Waals surface area contributed by atoms with Crippen LogP contribution in [-0.4, -0.2) is 49.1 Å². The van der Waals surface area contributed by atoms with Crippen molar-refractivity contribution in [2.75, 3.05) is 26.2 Å². The number of hydrogen-bond donors (Lipinski definition) is 1. The van der Waals surface area contributed by atoms with E-state index in [2.05, 4.69) is 12.2 Å². The summed E-state index contributed by atoms with van der Waals surface area (Å²) in [5.41, 5.74) is 0. The predicted molar refractivity (Wildman–Crippen MR) is 71.5 cm³/mol. The van der Waals surface area contributed by atoms with Gasteiger partial charge in [-0.1, -0.05) is 13.3 Å². The summed E-state index contributed by atoms with van der Waals surface area (Å²) >= 11 is 0. The van der Waals surface area contributed by atoms with Crippen molar-refractivity contribution in [2.45, 2.75) is 39.2 Å². The largest absolute Gasteiger partial charge is 0.464 e. The first-order valence-corrected chi connectivity index (χ1v) is 7.33. The zero-order valence-corrected chi connectivity index (χ0v) is 11.9. The van der Waals surface area contributed by atoms with Crippen LogP contribution in [0.2, 0.25) is 0 Å². The average molecular weight is 268 g/mol.